The van der Waals surface area contributed by atoms with Crippen molar-refractivity contribution in [1.82, 2.24) is 10.3 Å². The average Bonchev–Trinajstić information content (AvgIpc) is 3.18. The maximum atomic E-state index is 12.5. The Morgan fingerprint density at radius 2 is 2.06 bits per heavy atom. The van der Waals surface area contributed by atoms with Crippen LogP contribution in [0.25, 0.3) is 17.0 Å². The first-order valence-corrected chi connectivity index (χ1v) is 12.0. The van der Waals surface area contributed by atoms with E-state index in [2.05, 4.69) is 20.6 Å². The molecule has 178 valence electrons. The summed E-state index contributed by atoms with van der Waals surface area (Å²) in [6.45, 7) is 1.98. The van der Waals surface area contributed by atoms with E-state index >= 15 is 0 Å². The molecule has 2 amide bonds. The van der Waals surface area contributed by atoms with Crippen molar-refractivity contribution in [2.45, 2.75) is 19.8 Å². The molecular weight excluding hydrogens is 488 g/mol. The van der Waals surface area contributed by atoms with Gasteiger partial charge in [-0.05, 0) is 66.7 Å². The Labute approximate surface area is 210 Å². The molecule has 2 heterocycles. The molecule has 35 heavy (non-hydrogen) atoms. The quantitative estimate of drug-likeness (QED) is 0.341. The van der Waals surface area contributed by atoms with Gasteiger partial charge in [-0.2, -0.15) is 0 Å². The molecule has 4 rings (SSSR count). The summed E-state index contributed by atoms with van der Waals surface area (Å²) in [4.78, 5) is 45.3. The molecular formula is C25H21ClN4O4S. The van der Waals surface area contributed by atoms with Gasteiger partial charge in [0.2, 0.25) is 5.91 Å². The van der Waals surface area contributed by atoms with Crippen LogP contribution >= 0.6 is 23.4 Å². The fraction of sp³-hybridized carbons (Fsp3) is 0.160. The minimum absolute atomic E-state index is 0.00376. The summed E-state index contributed by atoms with van der Waals surface area (Å²) < 4.78 is 4.83. The number of pyridine rings is 1. The van der Waals surface area contributed by atoms with Crippen LogP contribution in [0, 0.1) is 0 Å². The van der Waals surface area contributed by atoms with Gasteiger partial charge in [-0.1, -0.05) is 23.7 Å². The molecule has 0 radical (unpaired) electrons. The fourth-order valence-corrected chi connectivity index (χ4v) is 4.27. The number of amides is 2. The molecule has 2 aromatic carbocycles. The summed E-state index contributed by atoms with van der Waals surface area (Å²) in [5.74, 6) is -1.03. The Kier molecular flexibility index (Phi) is 7.79. The molecule has 0 bridgehead atoms. The predicted octanol–water partition coefficient (Wildman–Crippen LogP) is 5.06. The first-order valence-electron chi connectivity index (χ1n) is 10.8. The Hall–Kier alpha value is -3.69. The highest BCUT2D eigenvalue weighted by molar-refractivity contribution is 8.18. The Balaban J connectivity index is 1.46. The third kappa shape index (κ3) is 6.46. The molecule has 0 atom stereocenters. The summed E-state index contributed by atoms with van der Waals surface area (Å²) in [5, 5.41) is 7.16. The van der Waals surface area contributed by atoms with Crippen LogP contribution < -0.4 is 10.6 Å². The number of anilines is 1. The van der Waals surface area contributed by atoms with Crippen molar-refractivity contribution in [3.05, 3.63) is 70.2 Å². The number of aromatic nitrogens is 1. The van der Waals surface area contributed by atoms with Crippen molar-refractivity contribution in [2.24, 2.45) is 4.99 Å². The third-order valence-electron chi connectivity index (χ3n) is 4.89. The van der Waals surface area contributed by atoms with Crippen molar-refractivity contribution in [2.75, 3.05) is 11.9 Å². The summed E-state index contributed by atoms with van der Waals surface area (Å²) in [5.41, 5.74) is 2.60. The van der Waals surface area contributed by atoms with Gasteiger partial charge in [0, 0.05) is 23.7 Å². The van der Waals surface area contributed by atoms with Crippen LogP contribution in [0.1, 0.15) is 25.3 Å². The van der Waals surface area contributed by atoms with E-state index < -0.39 is 5.97 Å². The number of nitrogens with one attached hydrogen (secondary N) is 2. The molecule has 0 aliphatic carbocycles. The van der Waals surface area contributed by atoms with Gasteiger partial charge in [0.05, 0.1) is 34.2 Å². The number of ether oxygens (including phenoxy) is 1. The van der Waals surface area contributed by atoms with Crippen LogP contribution in [0.5, 0.6) is 0 Å². The lowest BCUT2D eigenvalue weighted by Gasteiger charge is -2.07. The zero-order valence-corrected chi connectivity index (χ0v) is 20.3. The molecule has 0 spiro atoms. The minimum Gasteiger partial charge on any atom is -0.466 e. The summed E-state index contributed by atoms with van der Waals surface area (Å²) in [6.07, 6.45) is 3.51. The lowest BCUT2D eigenvalue weighted by Crippen LogP contribution is -2.19. The highest BCUT2D eigenvalue weighted by Crippen LogP contribution is 2.33. The number of hydrogen-bond donors (Lipinski definition) is 2. The number of esters is 1. The van der Waals surface area contributed by atoms with Crippen molar-refractivity contribution in [3.63, 3.8) is 0 Å². The predicted molar refractivity (Wildman–Crippen MR) is 138 cm³/mol. The number of thioether (sulfide) groups is 1. The van der Waals surface area contributed by atoms with Crippen LogP contribution in [-0.4, -0.2) is 34.5 Å². The number of halogens is 1. The van der Waals surface area contributed by atoms with E-state index in [1.54, 1.807) is 37.4 Å². The maximum Gasteiger partial charge on any atom is 0.306 e. The summed E-state index contributed by atoms with van der Waals surface area (Å²) in [6, 6.07) is 14.4. The number of aliphatic imine (C=N–C) groups is 1. The smallest absolute Gasteiger partial charge is 0.306 e. The second-order valence-corrected chi connectivity index (χ2v) is 8.89. The number of rotatable bonds is 7. The zero-order valence-electron chi connectivity index (χ0n) is 18.7. The SMILES string of the molecule is CCOC(=O)CCC(=O)Nc1ccc(Cl)c(N=C2NC(=O)/C(=C\c3ccc4ncccc4c3)S2)c1. The van der Waals surface area contributed by atoms with E-state index in [1.807, 2.05) is 30.3 Å². The van der Waals surface area contributed by atoms with Crippen molar-refractivity contribution in [1.29, 1.82) is 0 Å². The first-order chi connectivity index (χ1) is 16.9. The molecule has 1 aromatic heterocycles. The number of benzene rings is 2. The van der Waals surface area contributed by atoms with E-state index in [1.165, 1.54) is 11.8 Å². The molecule has 2 N–H and O–H groups in total. The van der Waals surface area contributed by atoms with Crippen molar-refractivity contribution in [3.8, 4) is 0 Å². The zero-order chi connectivity index (χ0) is 24.8. The van der Waals surface area contributed by atoms with E-state index in [-0.39, 0.29) is 31.3 Å². The number of fused-ring (bicyclic) bond motifs is 1. The molecule has 1 aliphatic heterocycles. The number of carbonyl (C=O) groups excluding carboxylic acids is 3. The lowest BCUT2D eigenvalue weighted by atomic mass is 10.1. The molecule has 10 heteroatoms. The Bertz CT molecular complexity index is 1370. The lowest BCUT2D eigenvalue weighted by molar-refractivity contribution is -0.144. The first kappa shape index (κ1) is 24.4. The van der Waals surface area contributed by atoms with Gasteiger partial charge in [0.25, 0.3) is 5.91 Å². The van der Waals surface area contributed by atoms with E-state index in [4.69, 9.17) is 16.3 Å². The van der Waals surface area contributed by atoms with Crippen LogP contribution in [0.2, 0.25) is 5.02 Å². The van der Waals surface area contributed by atoms with Gasteiger partial charge in [-0.25, -0.2) is 4.99 Å². The second-order valence-electron chi connectivity index (χ2n) is 7.46. The summed E-state index contributed by atoms with van der Waals surface area (Å²) >= 11 is 7.48. The molecule has 1 aliphatic rings. The second kappa shape index (κ2) is 11.2. The molecule has 1 saturated heterocycles. The fourth-order valence-electron chi connectivity index (χ4n) is 3.27. The standard InChI is InChI=1S/C25H21ClN4O4S/c1-2-34-23(32)10-9-22(31)28-17-6-7-18(26)20(14-17)29-25-30-24(33)21(35-25)13-15-5-8-19-16(12-15)4-3-11-27-19/h3-8,11-14H,2,9-10H2,1H3,(H,28,31)(H,29,30,33)/b21-13+. The van der Waals surface area contributed by atoms with Crippen molar-refractivity contribution < 1.29 is 19.1 Å². The topological polar surface area (TPSA) is 110 Å². The molecule has 1 fully saturated rings. The maximum absolute atomic E-state index is 12.5. The average molecular weight is 509 g/mol. The number of amidine groups is 1. The van der Waals surface area contributed by atoms with Crippen LogP contribution in [0.3, 0.4) is 0 Å². The van der Waals surface area contributed by atoms with Crippen LogP contribution in [-0.2, 0) is 19.1 Å². The highest BCUT2D eigenvalue weighted by atomic mass is 35.5. The van der Waals surface area contributed by atoms with Crippen molar-refractivity contribution >= 4 is 74.7 Å². The van der Waals surface area contributed by atoms with E-state index in [0.29, 0.717) is 26.5 Å². The number of nitrogens with zero attached hydrogens (tertiary/aromatic N) is 2. The van der Waals surface area contributed by atoms with E-state index in [0.717, 1.165) is 16.5 Å². The normalized spacial score (nSPS) is 15.4. The molecule has 0 unspecified atom stereocenters. The van der Waals surface area contributed by atoms with Gasteiger partial charge < -0.3 is 15.4 Å². The molecule has 0 saturated carbocycles. The largest absolute Gasteiger partial charge is 0.466 e. The molecule has 8 nitrogen and oxygen atoms in total. The van der Waals surface area contributed by atoms with Gasteiger partial charge >= 0.3 is 5.97 Å². The monoisotopic (exact) mass is 508 g/mol. The minimum atomic E-state index is -0.427. The van der Waals surface area contributed by atoms with Gasteiger partial charge in [0.1, 0.15) is 0 Å². The Morgan fingerprint density at radius 1 is 1.20 bits per heavy atom. The third-order valence-corrected chi connectivity index (χ3v) is 6.12. The van der Waals surface area contributed by atoms with Crippen LogP contribution in [0.4, 0.5) is 11.4 Å². The van der Waals surface area contributed by atoms with Crippen LogP contribution in [0.15, 0.2) is 64.6 Å². The number of carbonyl (C=O) groups is 3. The van der Waals surface area contributed by atoms with Gasteiger partial charge in [-0.15, -0.1) is 0 Å². The highest BCUT2D eigenvalue weighted by Gasteiger charge is 2.24. The van der Waals surface area contributed by atoms with Gasteiger partial charge in [-0.3, -0.25) is 19.4 Å². The number of hydrogen-bond acceptors (Lipinski definition) is 7. The molecule has 3 aromatic rings. The van der Waals surface area contributed by atoms with E-state index in [9.17, 15) is 14.4 Å². The Morgan fingerprint density at radius 3 is 2.89 bits per heavy atom. The summed E-state index contributed by atoms with van der Waals surface area (Å²) in [7, 11) is 0. The van der Waals surface area contributed by atoms with Gasteiger partial charge in [0.15, 0.2) is 5.17 Å².